The maximum atomic E-state index is 4.58. The second-order valence-corrected chi connectivity index (χ2v) is 7.60. The van der Waals surface area contributed by atoms with E-state index in [0.717, 1.165) is 59.7 Å². The van der Waals surface area contributed by atoms with Gasteiger partial charge in [-0.1, -0.05) is 22.9 Å². The van der Waals surface area contributed by atoms with Gasteiger partial charge in [-0.3, -0.25) is 0 Å². The molecule has 0 saturated carbocycles. The van der Waals surface area contributed by atoms with Gasteiger partial charge >= 0.3 is 0 Å². The molecule has 1 N–H and O–H groups in total. The summed E-state index contributed by atoms with van der Waals surface area (Å²) >= 11 is 3.52. The standard InChI is InChI=1S/C20H23BrN6/c1-2-26-7-9-27(10-8-26)19-11-15(5-6-22-19)13-23-20-17-12-16(21)3-4-18(17)24-14-25-20/h3-6,11-12,14H,2,7-10,13H2,1H3,(H,23,24,25). The van der Waals surface area contributed by atoms with Gasteiger partial charge in [-0.25, -0.2) is 15.0 Å². The van der Waals surface area contributed by atoms with E-state index in [4.69, 9.17) is 0 Å². The van der Waals surface area contributed by atoms with E-state index >= 15 is 0 Å². The van der Waals surface area contributed by atoms with Crippen molar-refractivity contribution in [3.8, 4) is 0 Å². The maximum absolute atomic E-state index is 4.58. The fourth-order valence-electron chi connectivity index (χ4n) is 3.39. The molecule has 0 unspecified atom stereocenters. The van der Waals surface area contributed by atoms with Crippen LogP contribution in [0.4, 0.5) is 11.6 Å². The number of halogens is 1. The fourth-order valence-corrected chi connectivity index (χ4v) is 3.75. The summed E-state index contributed by atoms with van der Waals surface area (Å²) in [7, 11) is 0. The summed E-state index contributed by atoms with van der Waals surface area (Å²) in [4.78, 5) is 18.2. The van der Waals surface area contributed by atoms with E-state index < -0.39 is 0 Å². The largest absolute Gasteiger partial charge is 0.365 e. The Labute approximate surface area is 167 Å². The van der Waals surface area contributed by atoms with Gasteiger partial charge in [0.1, 0.15) is 18.0 Å². The molecule has 0 bridgehead atoms. The predicted octanol–water partition coefficient (Wildman–Crippen LogP) is 3.54. The molecule has 4 rings (SSSR count). The van der Waals surface area contributed by atoms with Crippen LogP contribution in [-0.4, -0.2) is 52.6 Å². The van der Waals surface area contributed by atoms with Crippen molar-refractivity contribution in [1.82, 2.24) is 19.9 Å². The van der Waals surface area contributed by atoms with Crippen LogP contribution in [0.25, 0.3) is 10.9 Å². The Balaban J connectivity index is 1.47. The highest BCUT2D eigenvalue weighted by molar-refractivity contribution is 9.10. The fraction of sp³-hybridized carbons (Fsp3) is 0.350. The van der Waals surface area contributed by atoms with Gasteiger partial charge < -0.3 is 15.1 Å². The lowest BCUT2D eigenvalue weighted by Crippen LogP contribution is -2.46. The highest BCUT2D eigenvalue weighted by Gasteiger charge is 2.16. The molecule has 0 atom stereocenters. The third-order valence-corrected chi connectivity index (χ3v) is 5.50. The van der Waals surface area contributed by atoms with E-state index in [-0.39, 0.29) is 0 Å². The van der Waals surface area contributed by atoms with Crippen LogP contribution >= 0.6 is 15.9 Å². The lowest BCUT2D eigenvalue weighted by Gasteiger charge is -2.34. The van der Waals surface area contributed by atoms with Crippen LogP contribution in [0.3, 0.4) is 0 Å². The summed E-state index contributed by atoms with van der Waals surface area (Å²) in [5.41, 5.74) is 2.12. The van der Waals surface area contributed by atoms with Crippen LogP contribution < -0.4 is 10.2 Å². The summed E-state index contributed by atoms with van der Waals surface area (Å²) in [5, 5.41) is 4.46. The molecular formula is C20H23BrN6. The number of piperazine rings is 1. The summed E-state index contributed by atoms with van der Waals surface area (Å²) in [5.74, 6) is 1.90. The number of aromatic nitrogens is 3. The van der Waals surface area contributed by atoms with Crippen LogP contribution in [0.15, 0.2) is 47.3 Å². The van der Waals surface area contributed by atoms with Gasteiger partial charge in [0.05, 0.1) is 5.52 Å². The van der Waals surface area contributed by atoms with Crippen molar-refractivity contribution in [2.45, 2.75) is 13.5 Å². The first-order chi connectivity index (χ1) is 13.2. The molecule has 1 aliphatic rings. The molecule has 140 valence electrons. The van der Waals surface area contributed by atoms with Crippen LogP contribution in [0.5, 0.6) is 0 Å². The molecule has 1 saturated heterocycles. The van der Waals surface area contributed by atoms with Crippen molar-refractivity contribution in [3.05, 3.63) is 52.9 Å². The Morgan fingerprint density at radius 2 is 1.89 bits per heavy atom. The molecule has 0 radical (unpaired) electrons. The molecule has 1 fully saturated rings. The molecule has 0 aliphatic carbocycles. The SMILES string of the molecule is CCN1CCN(c2cc(CNc3ncnc4ccc(Br)cc34)ccn2)CC1. The molecule has 1 aromatic carbocycles. The Morgan fingerprint density at radius 3 is 2.70 bits per heavy atom. The molecule has 0 amide bonds. The molecule has 2 aromatic heterocycles. The number of rotatable bonds is 5. The van der Waals surface area contributed by atoms with Gasteiger partial charge in [0.2, 0.25) is 0 Å². The van der Waals surface area contributed by atoms with Crippen LogP contribution in [0.2, 0.25) is 0 Å². The van der Waals surface area contributed by atoms with Crippen molar-refractivity contribution < 1.29 is 0 Å². The predicted molar refractivity (Wildman–Crippen MR) is 113 cm³/mol. The summed E-state index contributed by atoms with van der Waals surface area (Å²) in [6.07, 6.45) is 3.50. The minimum Gasteiger partial charge on any atom is -0.365 e. The highest BCUT2D eigenvalue weighted by atomic mass is 79.9. The molecule has 3 aromatic rings. The minimum atomic E-state index is 0.697. The zero-order valence-electron chi connectivity index (χ0n) is 15.4. The smallest absolute Gasteiger partial charge is 0.137 e. The van der Waals surface area contributed by atoms with Gasteiger partial charge in [0, 0.05) is 48.8 Å². The van der Waals surface area contributed by atoms with Crippen molar-refractivity contribution in [1.29, 1.82) is 0 Å². The molecule has 1 aliphatic heterocycles. The monoisotopic (exact) mass is 426 g/mol. The molecular weight excluding hydrogens is 404 g/mol. The molecule has 6 nitrogen and oxygen atoms in total. The van der Waals surface area contributed by atoms with E-state index in [1.165, 1.54) is 5.56 Å². The van der Waals surface area contributed by atoms with E-state index in [0.29, 0.717) is 6.54 Å². The Morgan fingerprint density at radius 1 is 1.04 bits per heavy atom. The molecule has 3 heterocycles. The Bertz CT molecular complexity index is 923. The second kappa shape index (κ2) is 8.19. The van der Waals surface area contributed by atoms with Crippen molar-refractivity contribution in [2.75, 3.05) is 42.9 Å². The first kappa shape index (κ1) is 18.1. The first-order valence-electron chi connectivity index (χ1n) is 9.29. The Hall–Kier alpha value is -2.25. The molecule has 27 heavy (non-hydrogen) atoms. The third-order valence-electron chi connectivity index (χ3n) is 5.01. The Kier molecular flexibility index (Phi) is 5.50. The minimum absolute atomic E-state index is 0.697. The normalized spacial score (nSPS) is 15.3. The lowest BCUT2D eigenvalue weighted by atomic mass is 10.2. The van der Waals surface area contributed by atoms with E-state index in [9.17, 15) is 0 Å². The first-order valence-corrected chi connectivity index (χ1v) is 10.1. The van der Waals surface area contributed by atoms with E-state index in [1.807, 2.05) is 24.4 Å². The third kappa shape index (κ3) is 4.20. The molecule has 0 spiro atoms. The maximum Gasteiger partial charge on any atom is 0.137 e. The number of likely N-dealkylation sites (N-methyl/N-ethyl adjacent to an activating group) is 1. The zero-order chi connectivity index (χ0) is 18.6. The average Bonchev–Trinajstić information content (AvgIpc) is 2.72. The number of hydrogen-bond donors (Lipinski definition) is 1. The quantitative estimate of drug-likeness (QED) is 0.673. The van der Waals surface area contributed by atoms with Crippen molar-refractivity contribution in [2.24, 2.45) is 0 Å². The van der Waals surface area contributed by atoms with E-state index in [1.54, 1.807) is 6.33 Å². The number of pyridine rings is 1. The van der Waals surface area contributed by atoms with Gasteiger partial charge in [-0.05, 0) is 42.4 Å². The van der Waals surface area contributed by atoms with Crippen molar-refractivity contribution >= 4 is 38.5 Å². The van der Waals surface area contributed by atoms with Crippen LogP contribution in [0, 0.1) is 0 Å². The number of anilines is 2. The lowest BCUT2D eigenvalue weighted by molar-refractivity contribution is 0.270. The summed E-state index contributed by atoms with van der Waals surface area (Å²) in [6.45, 7) is 8.29. The van der Waals surface area contributed by atoms with Gasteiger partial charge in [-0.15, -0.1) is 0 Å². The van der Waals surface area contributed by atoms with E-state index in [2.05, 4.69) is 65.1 Å². The van der Waals surface area contributed by atoms with Gasteiger partial charge in [0.15, 0.2) is 0 Å². The second-order valence-electron chi connectivity index (χ2n) is 6.68. The zero-order valence-corrected chi connectivity index (χ0v) is 17.0. The van der Waals surface area contributed by atoms with Crippen LogP contribution in [0.1, 0.15) is 12.5 Å². The number of nitrogens with zero attached hydrogens (tertiary/aromatic N) is 5. The number of hydrogen-bond acceptors (Lipinski definition) is 6. The number of nitrogens with one attached hydrogen (secondary N) is 1. The highest BCUT2D eigenvalue weighted by Crippen LogP contribution is 2.24. The summed E-state index contributed by atoms with van der Waals surface area (Å²) < 4.78 is 1.02. The number of fused-ring (bicyclic) bond motifs is 1. The van der Waals surface area contributed by atoms with Gasteiger partial charge in [-0.2, -0.15) is 0 Å². The van der Waals surface area contributed by atoms with Crippen molar-refractivity contribution in [3.63, 3.8) is 0 Å². The summed E-state index contributed by atoms with van der Waals surface area (Å²) in [6, 6.07) is 10.3. The molecule has 7 heteroatoms. The number of benzene rings is 1. The topological polar surface area (TPSA) is 57.2 Å². The average molecular weight is 427 g/mol. The van der Waals surface area contributed by atoms with Gasteiger partial charge in [0.25, 0.3) is 0 Å². The van der Waals surface area contributed by atoms with Crippen LogP contribution in [-0.2, 0) is 6.54 Å².